The van der Waals surface area contributed by atoms with Crippen molar-refractivity contribution in [3.63, 3.8) is 0 Å². The maximum Gasteiger partial charge on any atom is 0.331 e. The van der Waals surface area contributed by atoms with Crippen molar-refractivity contribution >= 4 is 29.3 Å². The molecule has 1 unspecified atom stereocenters. The summed E-state index contributed by atoms with van der Waals surface area (Å²) in [7, 11) is 0. The molecule has 108 valence electrons. The van der Waals surface area contributed by atoms with Gasteiger partial charge in [-0.2, -0.15) is 0 Å². The summed E-state index contributed by atoms with van der Waals surface area (Å²) in [5.41, 5.74) is 6.19. The van der Waals surface area contributed by atoms with Crippen molar-refractivity contribution in [1.82, 2.24) is 0 Å². The van der Waals surface area contributed by atoms with Crippen molar-refractivity contribution in [2.45, 2.75) is 6.04 Å². The van der Waals surface area contributed by atoms with E-state index < -0.39 is 18.0 Å². The molecule has 3 N–H and O–H groups in total. The number of nitrogens with two attached hydrogens (primary N) is 1. The summed E-state index contributed by atoms with van der Waals surface area (Å²) in [5, 5.41) is 9.97. The molecule has 0 aromatic heterocycles. The van der Waals surface area contributed by atoms with Gasteiger partial charge in [-0.1, -0.05) is 41.9 Å². The van der Waals surface area contributed by atoms with Gasteiger partial charge >= 0.3 is 12.0 Å². The lowest BCUT2D eigenvalue weighted by Crippen LogP contribution is -2.42. The Labute approximate surface area is 126 Å². The predicted octanol–water partition coefficient (Wildman–Crippen LogP) is 3.05. The second kappa shape index (κ2) is 6.28. The van der Waals surface area contributed by atoms with E-state index >= 15 is 0 Å². The average Bonchev–Trinajstić information content (AvgIpc) is 2.46. The quantitative estimate of drug-likeness (QED) is 0.910. The fourth-order valence-electron chi connectivity index (χ4n) is 2.04. The van der Waals surface area contributed by atoms with Gasteiger partial charge in [0.15, 0.2) is 6.04 Å². The minimum Gasteiger partial charge on any atom is -0.479 e. The third kappa shape index (κ3) is 3.32. The zero-order chi connectivity index (χ0) is 15.4. The molecule has 0 radical (unpaired) electrons. The zero-order valence-electron chi connectivity index (χ0n) is 10.9. The monoisotopic (exact) mass is 304 g/mol. The highest BCUT2D eigenvalue weighted by Gasteiger charge is 2.31. The second-order valence-electron chi connectivity index (χ2n) is 4.34. The molecule has 0 aliphatic carbocycles. The molecule has 5 nitrogen and oxygen atoms in total. The lowest BCUT2D eigenvalue weighted by Gasteiger charge is -2.27. The third-order valence-corrected chi connectivity index (χ3v) is 3.20. The van der Waals surface area contributed by atoms with Crippen LogP contribution in [0.25, 0.3) is 0 Å². The fourth-order valence-corrected chi connectivity index (χ4v) is 2.17. The minimum atomic E-state index is -1.20. The molecule has 0 spiro atoms. The first-order valence-corrected chi connectivity index (χ1v) is 6.50. The largest absolute Gasteiger partial charge is 0.479 e. The van der Waals surface area contributed by atoms with Gasteiger partial charge in [0.05, 0.1) is 0 Å². The summed E-state index contributed by atoms with van der Waals surface area (Å²) >= 11 is 5.80. The van der Waals surface area contributed by atoms with E-state index in [1.165, 1.54) is 0 Å². The lowest BCUT2D eigenvalue weighted by atomic mass is 10.0. The molecule has 21 heavy (non-hydrogen) atoms. The average molecular weight is 305 g/mol. The number of anilines is 1. The second-order valence-corrected chi connectivity index (χ2v) is 4.77. The molecule has 0 heterocycles. The van der Waals surface area contributed by atoms with E-state index in [-0.39, 0.29) is 0 Å². The van der Waals surface area contributed by atoms with Crippen molar-refractivity contribution in [3.05, 3.63) is 65.2 Å². The summed E-state index contributed by atoms with van der Waals surface area (Å²) < 4.78 is 0. The van der Waals surface area contributed by atoms with Gasteiger partial charge in [-0.15, -0.1) is 0 Å². The van der Waals surface area contributed by atoms with Crippen LogP contribution in [0.15, 0.2) is 54.6 Å². The van der Waals surface area contributed by atoms with Crippen molar-refractivity contribution in [2.75, 3.05) is 4.90 Å². The zero-order valence-corrected chi connectivity index (χ0v) is 11.7. The Bertz CT molecular complexity index is 644. The molecule has 0 bridgehead atoms. The Morgan fingerprint density at radius 2 is 1.62 bits per heavy atom. The van der Waals surface area contributed by atoms with E-state index in [0.717, 1.165) is 4.90 Å². The molecule has 2 rings (SSSR count). The standard InChI is InChI=1S/C15H13ClN2O3/c16-11-6-8-12(9-7-11)18(15(17)21)13(14(19)20)10-4-2-1-3-5-10/h1-9,13H,(H2,17,21)(H,19,20). The highest BCUT2D eigenvalue weighted by atomic mass is 35.5. The van der Waals surface area contributed by atoms with Gasteiger partial charge in [0.25, 0.3) is 0 Å². The number of carbonyl (C=O) groups excluding carboxylic acids is 1. The number of amides is 2. The Balaban J connectivity index is 2.50. The Kier molecular flexibility index (Phi) is 4.45. The number of carboxylic acids is 1. The maximum absolute atomic E-state index is 11.8. The fraction of sp³-hybridized carbons (Fsp3) is 0.0667. The van der Waals surface area contributed by atoms with Crippen LogP contribution in [0.3, 0.4) is 0 Å². The molecule has 1 atom stereocenters. The number of carbonyl (C=O) groups is 2. The molecule has 0 saturated carbocycles. The van der Waals surface area contributed by atoms with Crippen LogP contribution < -0.4 is 10.6 Å². The molecule has 2 amide bonds. The van der Waals surface area contributed by atoms with Crippen LogP contribution in [0.1, 0.15) is 11.6 Å². The number of urea groups is 1. The number of hydrogen-bond acceptors (Lipinski definition) is 2. The Hall–Kier alpha value is -2.53. The number of aliphatic carboxylic acids is 1. The first kappa shape index (κ1) is 14.9. The number of nitrogens with zero attached hydrogens (tertiary/aromatic N) is 1. The van der Waals surface area contributed by atoms with Gasteiger partial charge in [0.2, 0.25) is 0 Å². The molecule has 0 aliphatic rings. The summed E-state index contributed by atoms with van der Waals surface area (Å²) in [6.45, 7) is 0. The molecule has 2 aromatic rings. The van der Waals surface area contributed by atoms with Crippen LogP contribution in [-0.4, -0.2) is 17.1 Å². The first-order chi connectivity index (χ1) is 10.0. The van der Waals surface area contributed by atoms with Gasteiger partial charge < -0.3 is 10.8 Å². The van der Waals surface area contributed by atoms with Crippen LogP contribution in [0.4, 0.5) is 10.5 Å². The normalized spacial score (nSPS) is 11.7. The lowest BCUT2D eigenvalue weighted by molar-refractivity contribution is -0.138. The van der Waals surface area contributed by atoms with Crippen LogP contribution in [-0.2, 0) is 4.79 Å². The molecule has 0 saturated heterocycles. The Morgan fingerprint density at radius 1 is 1.05 bits per heavy atom. The number of carboxylic acid groups (broad SMARTS) is 1. The van der Waals surface area contributed by atoms with Crippen molar-refractivity contribution in [3.8, 4) is 0 Å². The summed E-state index contributed by atoms with van der Waals surface area (Å²) in [5.74, 6) is -1.17. The summed E-state index contributed by atoms with van der Waals surface area (Å²) in [6, 6.07) is 12.6. The number of rotatable bonds is 4. The van der Waals surface area contributed by atoms with Crippen molar-refractivity contribution < 1.29 is 14.7 Å². The van der Waals surface area contributed by atoms with E-state index in [2.05, 4.69) is 0 Å². The van der Waals surface area contributed by atoms with Crippen LogP contribution in [0, 0.1) is 0 Å². The number of primary amides is 1. The molecular formula is C15H13ClN2O3. The molecule has 0 aliphatic heterocycles. The summed E-state index contributed by atoms with van der Waals surface area (Å²) in [6.07, 6.45) is 0. The van der Waals surface area contributed by atoms with E-state index in [4.69, 9.17) is 17.3 Å². The third-order valence-electron chi connectivity index (χ3n) is 2.95. The predicted molar refractivity (Wildman–Crippen MR) is 80.3 cm³/mol. The van der Waals surface area contributed by atoms with E-state index in [1.807, 2.05) is 0 Å². The number of hydrogen-bond donors (Lipinski definition) is 2. The number of halogens is 1. The van der Waals surface area contributed by atoms with E-state index in [1.54, 1.807) is 54.6 Å². The van der Waals surface area contributed by atoms with Gasteiger partial charge in [0.1, 0.15) is 0 Å². The van der Waals surface area contributed by atoms with Gasteiger partial charge in [-0.05, 0) is 29.8 Å². The molecule has 2 aromatic carbocycles. The van der Waals surface area contributed by atoms with Crippen molar-refractivity contribution in [1.29, 1.82) is 0 Å². The van der Waals surface area contributed by atoms with E-state index in [9.17, 15) is 14.7 Å². The van der Waals surface area contributed by atoms with Gasteiger partial charge in [-0.3, -0.25) is 4.90 Å². The molecular weight excluding hydrogens is 292 g/mol. The summed E-state index contributed by atoms with van der Waals surface area (Å²) in [4.78, 5) is 24.4. The van der Waals surface area contributed by atoms with Crippen LogP contribution in [0.2, 0.25) is 5.02 Å². The van der Waals surface area contributed by atoms with E-state index in [0.29, 0.717) is 16.3 Å². The minimum absolute atomic E-state index is 0.364. The number of benzene rings is 2. The molecule has 0 fully saturated rings. The van der Waals surface area contributed by atoms with Crippen LogP contribution in [0.5, 0.6) is 0 Å². The SMILES string of the molecule is NC(=O)N(c1ccc(Cl)cc1)C(C(=O)O)c1ccccc1. The highest BCUT2D eigenvalue weighted by molar-refractivity contribution is 6.30. The maximum atomic E-state index is 11.8. The first-order valence-electron chi connectivity index (χ1n) is 6.12. The van der Waals surface area contributed by atoms with Gasteiger partial charge in [0, 0.05) is 10.7 Å². The molecule has 6 heteroatoms. The Morgan fingerprint density at radius 3 is 2.10 bits per heavy atom. The van der Waals surface area contributed by atoms with Crippen molar-refractivity contribution in [2.24, 2.45) is 5.73 Å². The highest BCUT2D eigenvalue weighted by Crippen LogP contribution is 2.28. The van der Waals surface area contributed by atoms with Gasteiger partial charge in [-0.25, -0.2) is 9.59 Å². The smallest absolute Gasteiger partial charge is 0.331 e. The van der Waals surface area contributed by atoms with Crippen LogP contribution >= 0.6 is 11.6 Å². The topological polar surface area (TPSA) is 83.6 Å².